The number of aliphatic hydroxyl groups is 1. The summed E-state index contributed by atoms with van der Waals surface area (Å²) in [6.45, 7) is 7.95. The summed E-state index contributed by atoms with van der Waals surface area (Å²) < 4.78 is 7.87. The first kappa shape index (κ1) is 20.0. The summed E-state index contributed by atoms with van der Waals surface area (Å²) in [5, 5.41) is 11.6. The Labute approximate surface area is 172 Å². The second-order valence-electron chi connectivity index (χ2n) is 9.83. The molecule has 152 valence electrons. The van der Waals surface area contributed by atoms with Gasteiger partial charge in [-0.25, -0.2) is 0 Å². The van der Waals surface area contributed by atoms with Crippen LogP contribution in [0.4, 0.5) is 0 Å². The number of benzene rings is 1. The van der Waals surface area contributed by atoms with Gasteiger partial charge in [-0.15, -0.1) is 0 Å². The average Bonchev–Trinajstić information content (AvgIpc) is 2.93. The number of halogens is 1. The number of aromatic nitrogens is 1. The van der Waals surface area contributed by atoms with Gasteiger partial charge in [0.2, 0.25) is 0 Å². The second kappa shape index (κ2) is 6.59. The van der Waals surface area contributed by atoms with Gasteiger partial charge in [0.1, 0.15) is 12.4 Å². The molecule has 3 aliphatic rings. The van der Waals surface area contributed by atoms with E-state index in [4.69, 9.17) is 16.3 Å². The van der Waals surface area contributed by atoms with Gasteiger partial charge in [-0.2, -0.15) is 0 Å². The van der Waals surface area contributed by atoms with Crippen LogP contribution in [0.25, 0.3) is 10.9 Å². The molecule has 5 rings (SSSR count). The molecule has 5 nitrogen and oxygen atoms in total. The highest BCUT2D eigenvalue weighted by atomic mass is 35.5. The number of amides is 1. The van der Waals surface area contributed by atoms with Crippen molar-refractivity contribution in [2.45, 2.75) is 62.8 Å². The number of fused-ring (bicyclic) bond motifs is 1. The number of nitrogens with zero attached hydrogens (tertiary/aromatic N) is 2. The summed E-state index contributed by atoms with van der Waals surface area (Å²) in [5.41, 5.74) is 0.709. The molecule has 0 spiro atoms. The lowest BCUT2D eigenvalue weighted by molar-refractivity contribution is -0.250. The molecule has 3 aliphatic carbocycles. The summed E-state index contributed by atoms with van der Waals surface area (Å²) >= 11 is 6.47. The highest BCUT2D eigenvalue weighted by molar-refractivity contribution is 6.76. The molecule has 1 aromatic heterocycles. The number of carbonyl (C=O) groups excluding carboxylic acids is 1. The van der Waals surface area contributed by atoms with Gasteiger partial charge in [-0.3, -0.25) is 4.79 Å². The van der Waals surface area contributed by atoms with Gasteiger partial charge in [-0.05, 0) is 37.4 Å². The maximum Gasteiger partial charge on any atom is 0.270 e. The molecule has 0 aliphatic heterocycles. The van der Waals surface area contributed by atoms with Crippen LogP contribution >= 0.6 is 11.6 Å². The van der Waals surface area contributed by atoms with Gasteiger partial charge in [0, 0.05) is 27.1 Å². The lowest BCUT2D eigenvalue weighted by atomic mass is 9.45. The van der Waals surface area contributed by atoms with E-state index in [-0.39, 0.29) is 11.4 Å². The van der Waals surface area contributed by atoms with Crippen LogP contribution in [0, 0.1) is 0 Å². The molecular weight excluding hydrogens is 392 g/mol. The molecule has 1 heterocycles. The maximum atomic E-state index is 13.3. The smallest absolute Gasteiger partial charge is 0.270 e. The highest BCUT2D eigenvalue weighted by Crippen LogP contribution is 2.63. The van der Waals surface area contributed by atoms with Gasteiger partial charge < -0.3 is 19.3 Å². The summed E-state index contributed by atoms with van der Waals surface area (Å²) in [6, 6.07) is 8.69. The third kappa shape index (κ3) is 3.30. The van der Waals surface area contributed by atoms with Crippen LogP contribution in [-0.4, -0.2) is 53.3 Å². The van der Waals surface area contributed by atoms with E-state index in [1.54, 1.807) is 0 Å². The molecule has 1 amide bonds. The zero-order chi connectivity index (χ0) is 20.3. The van der Waals surface area contributed by atoms with Crippen molar-refractivity contribution in [1.29, 1.82) is 0 Å². The van der Waals surface area contributed by atoms with Crippen molar-refractivity contribution >= 4 is 36.5 Å². The first-order chi connectivity index (χ1) is 13.0. The lowest BCUT2D eigenvalue weighted by Gasteiger charge is -2.70. The fourth-order valence-electron chi connectivity index (χ4n) is 4.55. The Morgan fingerprint density at radius 1 is 1.32 bits per heavy atom. The van der Waals surface area contributed by atoms with E-state index >= 15 is 0 Å². The summed E-state index contributed by atoms with van der Waals surface area (Å²) in [5.74, 6) is -0.0391. The Kier molecular flexibility index (Phi) is 4.69. The minimum atomic E-state index is -1.18. The predicted molar refractivity (Wildman–Crippen MR) is 115 cm³/mol. The molecule has 0 radical (unpaired) electrons. The van der Waals surface area contributed by atoms with Gasteiger partial charge in [-0.1, -0.05) is 43.4 Å². The molecule has 7 heteroatoms. The molecule has 3 saturated carbocycles. The van der Waals surface area contributed by atoms with Crippen LogP contribution in [0.15, 0.2) is 24.3 Å². The molecule has 0 atom stereocenters. The summed E-state index contributed by atoms with van der Waals surface area (Å²) in [7, 11) is 0.664. The molecule has 2 aromatic rings. The monoisotopic (exact) mass is 420 g/mol. The summed E-state index contributed by atoms with van der Waals surface area (Å²) in [6.07, 6.45) is 2.03. The number of rotatable bonds is 7. The van der Waals surface area contributed by atoms with Gasteiger partial charge in [0.25, 0.3) is 5.91 Å². The number of ether oxygens (including phenoxy) is 1. The Morgan fingerprint density at radius 3 is 2.61 bits per heavy atom. The highest BCUT2D eigenvalue weighted by Gasteiger charge is 2.70. The Hall–Kier alpha value is -1.34. The van der Waals surface area contributed by atoms with E-state index in [1.807, 2.05) is 40.8 Å². The number of para-hydroxylation sites is 1. The molecule has 1 aromatic carbocycles. The minimum absolute atomic E-state index is 0.0391. The number of carbonyl (C=O) groups is 1. The van der Waals surface area contributed by atoms with Crippen molar-refractivity contribution in [1.82, 2.24) is 9.47 Å². The zero-order valence-corrected chi connectivity index (χ0v) is 18.8. The van der Waals surface area contributed by atoms with Crippen LogP contribution in [-0.2, 0) is 11.5 Å². The van der Waals surface area contributed by atoms with Crippen molar-refractivity contribution < 1.29 is 14.6 Å². The van der Waals surface area contributed by atoms with E-state index in [9.17, 15) is 9.90 Å². The van der Waals surface area contributed by atoms with Crippen molar-refractivity contribution in [3.05, 3.63) is 35.0 Å². The third-order valence-electron chi connectivity index (χ3n) is 6.30. The Bertz CT molecular complexity index is 914. The second-order valence-corrected chi connectivity index (χ2v) is 15.9. The van der Waals surface area contributed by atoms with E-state index in [0.29, 0.717) is 43.3 Å². The zero-order valence-electron chi connectivity index (χ0n) is 17.1. The van der Waals surface area contributed by atoms with Crippen molar-refractivity contribution in [3.8, 4) is 0 Å². The molecular formula is C21H29ClN2O3Si. The molecule has 0 unspecified atom stereocenters. The van der Waals surface area contributed by atoms with E-state index in [1.165, 1.54) is 0 Å². The van der Waals surface area contributed by atoms with Crippen molar-refractivity contribution in [3.63, 3.8) is 0 Å². The number of hydrogen-bond donors (Lipinski definition) is 1. The fraction of sp³-hybridized carbons (Fsp3) is 0.571. The minimum Gasteiger partial charge on any atom is -0.390 e. The quantitative estimate of drug-likeness (QED) is 0.535. The third-order valence-corrected chi connectivity index (χ3v) is 8.31. The van der Waals surface area contributed by atoms with Crippen molar-refractivity contribution in [2.75, 3.05) is 13.7 Å². The molecule has 0 saturated heterocycles. The normalized spacial score (nSPS) is 26.1. The Balaban J connectivity index is 1.60. The average molecular weight is 421 g/mol. The van der Waals surface area contributed by atoms with Crippen LogP contribution < -0.4 is 0 Å². The molecule has 2 bridgehead atoms. The van der Waals surface area contributed by atoms with E-state index < -0.39 is 13.7 Å². The SMILES string of the molecule is CN(C(=O)c1cc2cccc(Cl)c2n1COCC[Si](C)(C)C)C12CC(O)(C1)C2. The van der Waals surface area contributed by atoms with Crippen LogP contribution in [0.3, 0.4) is 0 Å². The van der Waals surface area contributed by atoms with Crippen LogP contribution in [0.5, 0.6) is 0 Å². The molecule has 3 fully saturated rings. The largest absolute Gasteiger partial charge is 0.390 e. The molecule has 28 heavy (non-hydrogen) atoms. The summed E-state index contributed by atoms with van der Waals surface area (Å²) in [4.78, 5) is 15.1. The van der Waals surface area contributed by atoms with Gasteiger partial charge in [0.05, 0.1) is 21.7 Å². The first-order valence-corrected chi connectivity index (χ1v) is 14.0. The van der Waals surface area contributed by atoms with Crippen LogP contribution in [0.1, 0.15) is 29.8 Å². The van der Waals surface area contributed by atoms with Gasteiger partial charge in [0.15, 0.2) is 0 Å². The van der Waals surface area contributed by atoms with E-state index in [2.05, 4.69) is 19.6 Å². The standard InChI is InChI=1S/C21H29ClN2O3Si/c1-23(20-11-21(26,12-20)13-20)19(25)17-10-15-6-5-7-16(22)18(15)24(17)14-27-8-9-28(2,3)4/h5-7,10,26H,8-9,11-14H2,1-4H3. The fourth-order valence-corrected chi connectivity index (χ4v) is 5.59. The first-order valence-electron chi connectivity index (χ1n) is 9.90. The van der Waals surface area contributed by atoms with E-state index in [0.717, 1.165) is 16.9 Å². The maximum absolute atomic E-state index is 13.3. The molecule has 1 N–H and O–H groups in total. The topological polar surface area (TPSA) is 54.7 Å². The van der Waals surface area contributed by atoms with Crippen LogP contribution in [0.2, 0.25) is 30.7 Å². The lowest BCUT2D eigenvalue weighted by Crippen LogP contribution is -2.78. The predicted octanol–water partition coefficient (Wildman–Crippen LogP) is 4.35. The van der Waals surface area contributed by atoms with Crippen molar-refractivity contribution in [2.24, 2.45) is 0 Å². The van der Waals surface area contributed by atoms with Gasteiger partial charge >= 0.3 is 0 Å². The Morgan fingerprint density at radius 2 is 2.00 bits per heavy atom. The number of hydrogen-bond acceptors (Lipinski definition) is 3.